The number of esters is 1. The molecule has 0 heterocycles. The number of rotatable bonds is 11. The van der Waals surface area contributed by atoms with Crippen molar-refractivity contribution in [2.24, 2.45) is 0 Å². The zero-order valence-corrected chi connectivity index (χ0v) is 17.6. The topological polar surface area (TPSA) is 76.1 Å². The molecule has 0 aliphatic heterocycles. The SMILES string of the molecule is CCC(O)CN(CCCCCC(=O)OC(C)(C)C)C(=O)OCc1ccccc1. The Bertz CT molecular complexity index is 582. The van der Waals surface area contributed by atoms with Gasteiger partial charge in [0.25, 0.3) is 0 Å². The molecule has 158 valence electrons. The first kappa shape index (κ1) is 24.0. The lowest BCUT2D eigenvalue weighted by molar-refractivity contribution is -0.154. The number of nitrogens with zero attached hydrogens (tertiary/aromatic N) is 1. The molecule has 0 saturated heterocycles. The number of hydrogen-bond donors (Lipinski definition) is 1. The molecular weight excluding hydrogens is 358 g/mol. The maximum Gasteiger partial charge on any atom is 0.410 e. The Labute approximate surface area is 168 Å². The van der Waals surface area contributed by atoms with Gasteiger partial charge in [0.05, 0.1) is 6.10 Å². The molecule has 0 aliphatic carbocycles. The van der Waals surface area contributed by atoms with E-state index < -0.39 is 17.8 Å². The fraction of sp³-hybridized carbons (Fsp3) is 0.636. The second kappa shape index (κ2) is 12.4. The first-order valence-electron chi connectivity index (χ1n) is 10.1. The van der Waals surface area contributed by atoms with Crippen molar-refractivity contribution in [3.8, 4) is 0 Å². The highest BCUT2D eigenvalue weighted by Crippen LogP contribution is 2.12. The molecule has 1 N–H and O–H groups in total. The molecule has 1 aromatic rings. The minimum Gasteiger partial charge on any atom is -0.460 e. The molecule has 1 rings (SSSR count). The fourth-order valence-corrected chi connectivity index (χ4v) is 2.59. The van der Waals surface area contributed by atoms with Gasteiger partial charge in [-0.15, -0.1) is 0 Å². The van der Waals surface area contributed by atoms with Gasteiger partial charge >= 0.3 is 12.1 Å². The van der Waals surface area contributed by atoms with Gasteiger partial charge in [0.2, 0.25) is 0 Å². The zero-order valence-electron chi connectivity index (χ0n) is 17.6. The average molecular weight is 394 g/mol. The lowest BCUT2D eigenvalue weighted by atomic mass is 10.1. The van der Waals surface area contributed by atoms with Crippen LogP contribution in [0.15, 0.2) is 30.3 Å². The van der Waals surface area contributed by atoms with Gasteiger partial charge in [-0.25, -0.2) is 4.79 Å². The van der Waals surface area contributed by atoms with Crippen molar-refractivity contribution in [1.29, 1.82) is 0 Å². The van der Waals surface area contributed by atoms with E-state index in [0.29, 0.717) is 25.8 Å². The lowest BCUT2D eigenvalue weighted by Crippen LogP contribution is -2.38. The first-order chi connectivity index (χ1) is 13.2. The molecule has 0 aliphatic rings. The Balaban J connectivity index is 2.40. The number of unbranched alkanes of at least 4 members (excludes halogenated alkanes) is 2. The molecule has 0 saturated carbocycles. The van der Waals surface area contributed by atoms with E-state index in [-0.39, 0.29) is 19.1 Å². The van der Waals surface area contributed by atoms with Crippen LogP contribution >= 0.6 is 0 Å². The fourth-order valence-electron chi connectivity index (χ4n) is 2.59. The first-order valence-corrected chi connectivity index (χ1v) is 10.1. The standard InChI is InChI=1S/C22H35NO5/c1-5-19(24)16-23(21(26)27-17-18-12-8-6-9-13-18)15-11-7-10-14-20(25)28-22(2,3)4/h6,8-9,12-13,19,24H,5,7,10-11,14-17H2,1-4H3. The zero-order chi connectivity index (χ0) is 21.0. The van der Waals surface area contributed by atoms with Gasteiger partial charge in [0.1, 0.15) is 12.2 Å². The molecule has 0 aromatic heterocycles. The van der Waals surface area contributed by atoms with Crippen LogP contribution in [-0.2, 0) is 20.9 Å². The number of ether oxygens (including phenoxy) is 2. The van der Waals surface area contributed by atoms with Gasteiger partial charge in [-0.05, 0) is 45.6 Å². The van der Waals surface area contributed by atoms with Gasteiger partial charge in [-0.3, -0.25) is 4.79 Å². The number of benzene rings is 1. The van der Waals surface area contributed by atoms with Gasteiger partial charge < -0.3 is 19.5 Å². The van der Waals surface area contributed by atoms with Crippen molar-refractivity contribution in [2.75, 3.05) is 13.1 Å². The number of amides is 1. The molecule has 1 unspecified atom stereocenters. The number of aliphatic hydroxyl groups is 1. The van der Waals surface area contributed by atoms with Crippen molar-refractivity contribution in [3.63, 3.8) is 0 Å². The average Bonchev–Trinajstić information content (AvgIpc) is 2.64. The third-order valence-corrected chi connectivity index (χ3v) is 4.09. The third-order valence-electron chi connectivity index (χ3n) is 4.09. The molecule has 0 fully saturated rings. The summed E-state index contributed by atoms with van der Waals surface area (Å²) in [5.74, 6) is -0.201. The molecular formula is C22H35NO5. The van der Waals surface area contributed by atoms with Crippen LogP contribution in [0.3, 0.4) is 0 Å². The smallest absolute Gasteiger partial charge is 0.410 e. The Morgan fingerprint density at radius 2 is 1.79 bits per heavy atom. The van der Waals surface area contributed by atoms with Gasteiger partial charge in [0.15, 0.2) is 0 Å². The minimum absolute atomic E-state index is 0.201. The molecule has 1 atom stereocenters. The van der Waals surface area contributed by atoms with Crippen LogP contribution < -0.4 is 0 Å². The molecule has 0 radical (unpaired) electrons. The minimum atomic E-state index is -0.578. The highest BCUT2D eigenvalue weighted by Gasteiger charge is 2.19. The third kappa shape index (κ3) is 10.9. The second-order valence-corrected chi connectivity index (χ2v) is 7.95. The summed E-state index contributed by atoms with van der Waals surface area (Å²) < 4.78 is 10.7. The van der Waals surface area contributed by atoms with Crippen LogP contribution in [-0.4, -0.2) is 46.9 Å². The number of carbonyl (C=O) groups is 2. The molecule has 6 heteroatoms. The molecule has 28 heavy (non-hydrogen) atoms. The maximum absolute atomic E-state index is 12.4. The Morgan fingerprint density at radius 1 is 1.11 bits per heavy atom. The maximum atomic E-state index is 12.4. The van der Waals surface area contributed by atoms with Crippen molar-refractivity contribution in [1.82, 2.24) is 4.90 Å². The summed E-state index contributed by atoms with van der Waals surface area (Å²) in [6.07, 6.45) is 2.17. The van der Waals surface area contributed by atoms with Crippen molar-refractivity contribution >= 4 is 12.1 Å². The molecule has 1 aromatic carbocycles. The van der Waals surface area contributed by atoms with E-state index in [1.165, 1.54) is 0 Å². The predicted molar refractivity (Wildman–Crippen MR) is 109 cm³/mol. The van der Waals surface area contributed by atoms with E-state index in [4.69, 9.17) is 9.47 Å². The normalized spacial score (nSPS) is 12.3. The molecule has 0 spiro atoms. The van der Waals surface area contributed by atoms with Gasteiger partial charge in [-0.2, -0.15) is 0 Å². The van der Waals surface area contributed by atoms with Crippen LogP contribution in [0.5, 0.6) is 0 Å². The summed E-state index contributed by atoms with van der Waals surface area (Å²) in [7, 11) is 0. The Morgan fingerprint density at radius 3 is 2.39 bits per heavy atom. The lowest BCUT2D eigenvalue weighted by Gasteiger charge is -2.24. The molecule has 6 nitrogen and oxygen atoms in total. The Kier molecular flexibility index (Phi) is 10.6. The van der Waals surface area contributed by atoms with Crippen LogP contribution in [0.2, 0.25) is 0 Å². The summed E-state index contributed by atoms with van der Waals surface area (Å²) in [4.78, 5) is 25.7. The van der Waals surface area contributed by atoms with Crippen LogP contribution in [0.4, 0.5) is 4.79 Å². The van der Waals surface area contributed by atoms with Crippen molar-refractivity contribution in [2.45, 2.75) is 78.1 Å². The largest absolute Gasteiger partial charge is 0.460 e. The van der Waals surface area contributed by atoms with E-state index in [1.807, 2.05) is 58.0 Å². The summed E-state index contributed by atoms with van der Waals surface area (Å²) in [6.45, 7) is 8.36. The van der Waals surface area contributed by atoms with E-state index in [1.54, 1.807) is 4.90 Å². The predicted octanol–water partition coefficient (Wildman–Crippen LogP) is 4.30. The number of carbonyl (C=O) groups excluding carboxylic acids is 2. The van der Waals surface area contributed by atoms with Crippen molar-refractivity contribution in [3.05, 3.63) is 35.9 Å². The summed E-state index contributed by atoms with van der Waals surface area (Å²) in [5, 5.41) is 9.94. The number of aliphatic hydroxyl groups excluding tert-OH is 1. The van der Waals surface area contributed by atoms with E-state index >= 15 is 0 Å². The summed E-state index contributed by atoms with van der Waals surface area (Å²) in [5.41, 5.74) is 0.455. The van der Waals surface area contributed by atoms with Gasteiger partial charge in [0, 0.05) is 19.5 Å². The van der Waals surface area contributed by atoms with E-state index in [9.17, 15) is 14.7 Å². The highest BCUT2D eigenvalue weighted by molar-refractivity contribution is 5.69. The second-order valence-electron chi connectivity index (χ2n) is 7.95. The van der Waals surface area contributed by atoms with E-state index in [2.05, 4.69) is 0 Å². The van der Waals surface area contributed by atoms with Gasteiger partial charge in [-0.1, -0.05) is 43.7 Å². The Hall–Kier alpha value is -2.08. The van der Waals surface area contributed by atoms with Crippen molar-refractivity contribution < 1.29 is 24.2 Å². The highest BCUT2D eigenvalue weighted by atomic mass is 16.6. The monoisotopic (exact) mass is 393 g/mol. The summed E-state index contributed by atoms with van der Waals surface area (Å²) in [6, 6.07) is 9.50. The van der Waals surface area contributed by atoms with E-state index in [0.717, 1.165) is 18.4 Å². The number of hydrogen-bond acceptors (Lipinski definition) is 5. The van der Waals surface area contributed by atoms with Crippen LogP contribution in [0.1, 0.15) is 65.4 Å². The molecule has 1 amide bonds. The summed E-state index contributed by atoms with van der Waals surface area (Å²) >= 11 is 0. The van der Waals surface area contributed by atoms with Crippen LogP contribution in [0, 0.1) is 0 Å². The quantitative estimate of drug-likeness (QED) is 0.448. The van der Waals surface area contributed by atoms with Crippen LogP contribution in [0.25, 0.3) is 0 Å². The molecule has 0 bridgehead atoms.